The van der Waals surface area contributed by atoms with Crippen molar-refractivity contribution in [3.63, 3.8) is 0 Å². The van der Waals surface area contributed by atoms with Gasteiger partial charge in [0.2, 0.25) is 11.8 Å². The Morgan fingerprint density at radius 3 is 2.50 bits per heavy atom. The summed E-state index contributed by atoms with van der Waals surface area (Å²) in [5.74, 6) is 0.938. The van der Waals surface area contributed by atoms with Gasteiger partial charge in [0, 0.05) is 71.0 Å². The molecule has 3 rings (SSSR count). The number of carbonyl (C=O) groups excluding carboxylic acids is 2. The summed E-state index contributed by atoms with van der Waals surface area (Å²) in [5.41, 5.74) is 1.67. The minimum atomic E-state index is 0.0744. The van der Waals surface area contributed by atoms with Gasteiger partial charge in [-0.25, -0.2) is 0 Å². The first-order valence-corrected chi connectivity index (χ1v) is 11.1. The van der Waals surface area contributed by atoms with Gasteiger partial charge in [0.25, 0.3) is 0 Å². The van der Waals surface area contributed by atoms with E-state index in [1.807, 2.05) is 30.7 Å². The molecule has 1 atom stereocenters. The van der Waals surface area contributed by atoms with Crippen LogP contribution in [0.4, 0.5) is 0 Å². The van der Waals surface area contributed by atoms with Gasteiger partial charge in [0.1, 0.15) is 5.76 Å². The first-order chi connectivity index (χ1) is 14.4. The summed E-state index contributed by atoms with van der Waals surface area (Å²) in [6, 6.07) is 0.790. The van der Waals surface area contributed by atoms with Crippen LogP contribution in [0.15, 0.2) is 4.52 Å². The third-order valence-corrected chi connectivity index (χ3v) is 6.60. The number of hydrogen-bond donors (Lipinski definition) is 0. The van der Waals surface area contributed by atoms with Crippen molar-refractivity contribution < 1.29 is 18.8 Å². The molecule has 168 valence electrons. The van der Waals surface area contributed by atoms with E-state index >= 15 is 0 Å². The van der Waals surface area contributed by atoms with Gasteiger partial charge in [-0.05, 0) is 39.5 Å². The maximum Gasteiger partial charge on any atom is 0.226 e. The van der Waals surface area contributed by atoms with Gasteiger partial charge >= 0.3 is 0 Å². The molecule has 2 fully saturated rings. The molecule has 0 radical (unpaired) electrons. The quantitative estimate of drug-likeness (QED) is 0.669. The summed E-state index contributed by atoms with van der Waals surface area (Å²) in [4.78, 5) is 31.0. The van der Waals surface area contributed by atoms with E-state index in [4.69, 9.17) is 9.26 Å². The van der Waals surface area contributed by atoms with E-state index in [-0.39, 0.29) is 11.8 Å². The van der Waals surface area contributed by atoms with Crippen LogP contribution in [0.25, 0.3) is 0 Å². The fraction of sp³-hybridized carbons (Fsp3) is 0.773. The van der Waals surface area contributed by atoms with E-state index in [0.717, 1.165) is 69.8 Å². The van der Waals surface area contributed by atoms with Crippen LogP contribution < -0.4 is 0 Å². The number of amides is 2. The molecule has 2 amide bonds. The number of aromatic nitrogens is 1. The lowest BCUT2D eigenvalue weighted by Gasteiger charge is -2.44. The van der Waals surface area contributed by atoms with Crippen LogP contribution in [0.1, 0.15) is 49.6 Å². The molecule has 3 heterocycles. The molecule has 1 aromatic rings. The summed E-state index contributed by atoms with van der Waals surface area (Å²) in [5, 5.41) is 3.95. The Labute approximate surface area is 179 Å². The number of likely N-dealkylation sites (N-methyl/N-ethyl adjacent to an activating group) is 1. The largest absolute Gasteiger partial charge is 0.381 e. The normalized spacial score (nSPS) is 20.6. The molecule has 1 unspecified atom stereocenters. The zero-order chi connectivity index (χ0) is 21.7. The van der Waals surface area contributed by atoms with Crippen molar-refractivity contribution in [1.82, 2.24) is 19.9 Å². The molecule has 2 aliphatic heterocycles. The van der Waals surface area contributed by atoms with Crippen molar-refractivity contribution >= 4 is 11.8 Å². The van der Waals surface area contributed by atoms with E-state index in [1.54, 1.807) is 6.92 Å². The lowest BCUT2D eigenvalue weighted by molar-refractivity contribution is -0.131. The van der Waals surface area contributed by atoms with Crippen molar-refractivity contribution in [2.24, 2.45) is 0 Å². The van der Waals surface area contributed by atoms with Gasteiger partial charge < -0.3 is 19.1 Å². The van der Waals surface area contributed by atoms with Gasteiger partial charge in [-0.1, -0.05) is 5.16 Å². The van der Waals surface area contributed by atoms with E-state index < -0.39 is 0 Å². The number of hydrogen-bond acceptors (Lipinski definition) is 6. The molecule has 0 bridgehead atoms. The number of nitrogens with zero attached hydrogens (tertiary/aromatic N) is 4. The molecule has 2 saturated heterocycles. The van der Waals surface area contributed by atoms with Crippen LogP contribution in [0.5, 0.6) is 0 Å². The summed E-state index contributed by atoms with van der Waals surface area (Å²) >= 11 is 0. The van der Waals surface area contributed by atoms with Crippen molar-refractivity contribution in [3.8, 4) is 0 Å². The molecular formula is C22H36N4O4. The second kappa shape index (κ2) is 10.4. The van der Waals surface area contributed by atoms with Crippen LogP contribution in [0.2, 0.25) is 0 Å². The third-order valence-electron chi connectivity index (χ3n) is 6.60. The van der Waals surface area contributed by atoms with Crippen LogP contribution in [0, 0.1) is 13.8 Å². The average molecular weight is 421 g/mol. The Morgan fingerprint density at radius 1 is 1.13 bits per heavy atom. The van der Waals surface area contributed by atoms with E-state index in [1.165, 1.54) is 0 Å². The fourth-order valence-corrected chi connectivity index (χ4v) is 4.62. The highest BCUT2D eigenvalue weighted by Crippen LogP contribution is 2.23. The monoisotopic (exact) mass is 420 g/mol. The van der Waals surface area contributed by atoms with E-state index in [2.05, 4.69) is 10.1 Å². The lowest BCUT2D eigenvalue weighted by atomic mass is 9.98. The molecule has 0 aromatic carbocycles. The van der Waals surface area contributed by atoms with Gasteiger partial charge in [-0.2, -0.15) is 0 Å². The first kappa shape index (κ1) is 22.7. The second-order valence-electron chi connectivity index (χ2n) is 8.64. The molecule has 0 aliphatic carbocycles. The first-order valence-electron chi connectivity index (χ1n) is 11.1. The predicted molar refractivity (Wildman–Crippen MR) is 113 cm³/mol. The molecule has 1 aromatic heterocycles. The molecule has 8 nitrogen and oxygen atoms in total. The van der Waals surface area contributed by atoms with Crippen LogP contribution in [-0.4, -0.2) is 90.2 Å². The van der Waals surface area contributed by atoms with Crippen molar-refractivity contribution in [1.29, 1.82) is 0 Å². The number of carbonyl (C=O) groups is 2. The maximum absolute atomic E-state index is 12.8. The molecule has 2 aliphatic rings. The number of ether oxygens (including phenoxy) is 1. The average Bonchev–Trinajstić information content (AvgIpc) is 3.06. The van der Waals surface area contributed by atoms with Crippen LogP contribution in [0.3, 0.4) is 0 Å². The Bertz CT molecular complexity index is 709. The van der Waals surface area contributed by atoms with Crippen molar-refractivity contribution in [2.45, 2.75) is 65.0 Å². The zero-order valence-corrected chi connectivity index (χ0v) is 18.9. The second-order valence-corrected chi connectivity index (χ2v) is 8.64. The molecule has 0 saturated carbocycles. The molecule has 0 spiro atoms. The number of likely N-dealkylation sites (tertiary alicyclic amines) is 1. The Balaban J connectivity index is 1.62. The summed E-state index contributed by atoms with van der Waals surface area (Å²) < 4.78 is 10.8. The predicted octanol–water partition coefficient (Wildman–Crippen LogP) is 1.78. The lowest BCUT2D eigenvalue weighted by Crippen LogP contribution is -2.55. The molecule has 30 heavy (non-hydrogen) atoms. The minimum absolute atomic E-state index is 0.0744. The Hall–Kier alpha value is -1.93. The molecule has 0 N–H and O–H groups in total. The summed E-state index contributed by atoms with van der Waals surface area (Å²) in [6.45, 7) is 10.0. The highest BCUT2D eigenvalue weighted by atomic mass is 16.5. The molecule has 8 heteroatoms. The summed E-state index contributed by atoms with van der Waals surface area (Å²) in [6.07, 6.45) is 4.46. The fourth-order valence-electron chi connectivity index (χ4n) is 4.62. The number of piperidine rings is 1. The van der Waals surface area contributed by atoms with Crippen LogP contribution >= 0.6 is 0 Å². The summed E-state index contributed by atoms with van der Waals surface area (Å²) in [7, 11) is 1.87. The topological polar surface area (TPSA) is 79.1 Å². The van der Waals surface area contributed by atoms with Gasteiger partial charge in [-0.3, -0.25) is 14.5 Å². The number of aryl methyl sites for hydroxylation is 2. The Kier molecular flexibility index (Phi) is 7.88. The number of rotatable bonds is 7. The standard InChI is InChI=1S/C22H36N4O4/c1-16-21(17(2)30-23-16)14-22(28)24(4)10-11-26(19-7-12-29-13-8-19)20-6-5-9-25(15-20)18(3)27/h19-20H,5-15H2,1-4H3. The van der Waals surface area contributed by atoms with E-state index in [9.17, 15) is 9.59 Å². The highest BCUT2D eigenvalue weighted by molar-refractivity contribution is 5.79. The third kappa shape index (κ3) is 5.60. The van der Waals surface area contributed by atoms with Crippen molar-refractivity contribution in [2.75, 3.05) is 46.4 Å². The molecular weight excluding hydrogens is 384 g/mol. The van der Waals surface area contributed by atoms with E-state index in [0.29, 0.717) is 30.8 Å². The van der Waals surface area contributed by atoms with Gasteiger partial charge in [0.15, 0.2) is 0 Å². The van der Waals surface area contributed by atoms with Crippen molar-refractivity contribution in [3.05, 3.63) is 17.0 Å². The van der Waals surface area contributed by atoms with Gasteiger partial charge in [0.05, 0.1) is 12.1 Å². The van der Waals surface area contributed by atoms with Crippen LogP contribution in [-0.2, 0) is 20.7 Å². The Morgan fingerprint density at radius 2 is 1.87 bits per heavy atom. The zero-order valence-electron chi connectivity index (χ0n) is 18.9. The smallest absolute Gasteiger partial charge is 0.226 e. The highest BCUT2D eigenvalue weighted by Gasteiger charge is 2.32. The van der Waals surface area contributed by atoms with Gasteiger partial charge in [-0.15, -0.1) is 0 Å². The minimum Gasteiger partial charge on any atom is -0.381 e. The SMILES string of the molecule is CC(=O)N1CCCC(N(CCN(C)C(=O)Cc2c(C)noc2C)C2CCOCC2)C1. The maximum atomic E-state index is 12.8.